The zero-order valence-electron chi connectivity index (χ0n) is 15.0. The van der Waals surface area contributed by atoms with Gasteiger partial charge in [-0.05, 0) is 19.9 Å². The minimum atomic E-state index is -1.82. The number of hydrogen-bond donors (Lipinski definition) is 2. The number of piperazine rings is 1. The van der Waals surface area contributed by atoms with E-state index in [1.54, 1.807) is 12.4 Å². The van der Waals surface area contributed by atoms with E-state index in [9.17, 15) is 4.79 Å². The molecule has 0 saturated carbocycles. The summed E-state index contributed by atoms with van der Waals surface area (Å²) in [5, 5.41) is 14.8. The summed E-state index contributed by atoms with van der Waals surface area (Å²) in [6.07, 6.45) is 3.53. The third-order valence-electron chi connectivity index (χ3n) is 3.87. The van der Waals surface area contributed by atoms with Crippen molar-refractivity contribution in [1.82, 2.24) is 19.8 Å². The molecule has 0 atom stereocenters. The lowest BCUT2D eigenvalue weighted by Gasteiger charge is -2.35. The molecule has 144 valence electrons. The molecule has 2 rings (SSSR count). The molecule has 10 nitrogen and oxygen atoms in total. The van der Waals surface area contributed by atoms with Gasteiger partial charge in [-0.25, -0.2) is 19.6 Å². The van der Waals surface area contributed by atoms with Crippen molar-refractivity contribution in [3.8, 4) is 0 Å². The fraction of sp³-hybridized carbons (Fsp3) is 0.562. The topological polar surface area (TPSA) is 127 Å². The quantitative estimate of drug-likeness (QED) is 0.670. The SMILES string of the molecule is CCN(CC)C(=O)CN1CCN(c2ncccn2)CC1.O=C(O)C(=O)O. The number of rotatable bonds is 5. The highest BCUT2D eigenvalue weighted by Gasteiger charge is 2.21. The van der Waals surface area contributed by atoms with Gasteiger partial charge < -0.3 is 20.0 Å². The van der Waals surface area contributed by atoms with Gasteiger partial charge in [0.1, 0.15) is 0 Å². The smallest absolute Gasteiger partial charge is 0.414 e. The van der Waals surface area contributed by atoms with E-state index in [1.807, 2.05) is 24.8 Å². The van der Waals surface area contributed by atoms with Crippen molar-refractivity contribution in [1.29, 1.82) is 0 Å². The molecule has 26 heavy (non-hydrogen) atoms. The summed E-state index contributed by atoms with van der Waals surface area (Å²) in [5.41, 5.74) is 0. The lowest BCUT2D eigenvalue weighted by Crippen LogP contribution is -2.50. The monoisotopic (exact) mass is 367 g/mol. The van der Waals surface area contributed by atoms with Crippen LogP contribution in [0, 0.1) is 0 Å². The molecule has 10 heteroatoms. The molecule has 0 aromatic carbocycles. The lowest BCUT2D eigenvalue weighted by molar-refractivity contribution is -0.159. The molecule has 0 unspecified atom stereocenters. The number of carboxylic acid groups (broad SMARTS) is 2. The number of hydrogen-bond acceptors (Lipinski definition) is 7. The highest BCUT2D eigenvalue weighted by Crippen LogP contribution is 2.09. The van der Waals surface area contributed by atoms with Gasteiger partial charge in [0.05, 0.1) is 6.54 Å². The van der Waals surface area contributed by atoms with Crippen molar-refractivity contribution in [3.63, 3.8) is 0 Å². The number of anilines is 1. The highest BCUT2D eigenvalue weighted by atomic mass is 16.4. The number of carboxylic acids is 2. The summed E-state index contributed by atoms with van der Waals surface area (Å²) in [6, 6.07) is 1.82. The van der Waals surface area contributed by atoms with Gasteiger partial charge in [-0.1, -0.05) is 0 Å². The predicted molar refractivity (Wildman–Crippen MR) is 93.9 cm³/mol. The van der Waals surface area contributed by atoms with Gasteiger partial charge in [0.2, 0.25) is 11.9 Å². The number of carbonyl (C=O) groups excluding carboxylic acids is 1. The summed E-state index contributed by atoms with van der Waals surface area (Å²) < 4.78 is 0. The zero-order chi connectivity index (χ0) is 19.5. The van der Waals surface area contributed by atoms with Crippen molar-refractivity contribution >= 4 is 23.8 Å². The fourth-order valence-electron chi connectivity index (χ4n) is 2.43. The maximum Gasteiger partial charge on any atom is 0.414 e. The Bertz CT molecular complexity index is 574. The van der Waals surface area contributed by atoms with Crippen LogP contribution >= 0.6 is 0 Å². The number of nitrogens with zero attached hydrogens (tertiary/aromatic N) is 5. The Morgan fingerprint density at radius 2 is 1.50 bits per heavy atom. The van der Waals surface area contributed by atoms with Crippen LogP contribution < -0.4 is 4.90 Å². The van der Waals surface area contributed by atoms with Gasteiger partial charge in [-0.15, -0.1) is 0 Å². The molecular formula is C16H25N5O5. The number of aromatic nitrogens is 2. The second kappa shape index (κ2) is 11.0. The first-order valence-electron chi connectivity index (χ1n) is 8.37. The Hall–Kier alpha value is -2.75. The van der Waals surface area contributed by atoms with Gasteiger partial charge in [0, 0.05) is 51.7 Å². The molecule has 0 spiro atoms. The third-order valence-corrected chi connectivity index (χ3v) is 3.87. The van der Waals surface area contributed by atoms with Crippen LogP contribution in [0.1, 0.15) is 13.8 Å². The van der Waals surface area contributed by atoms with E-state index in [0.717, 1.165) is 45.2 Å². The van der Waals surface area contributed by atoms with Gasteiger partial charge in [0.25, 0.3) is 0 Å². The molecule has 1 saturated heterocycles. The van der Waals surface area contributed by atoms with Crippen LogP contribution in [-0.2, 0) is 14.4 Å². The van der Waals surface area contributed by atoms with Crippen molar-refractivity contribution in [2.75, 3.05) is 50.7 Å². The molecule has 1 fully saturated rings. The van der Waals surface area contributed by atoms with Crippen LogP contribution in [0.4, 0.5) is 5.95 Å². The molecular weight excluding hydrogens is 342 g/mol. The molecule has 0 bridgehead atoms. The van der Waals surface area contributed by atoms with Crippen LogP contribution in [0.2, 0.25) is 0 Å². The Morgan fingerprint density at radius 1 is 1.00 bits per heavy atom. The Labute approximate surface area is 152 Å². The molecule has 1 aliphatic rings. The molecule has 2 N–H and O–H groups in total. The second-order valence-corrected chi connectivity index (χ2v) is 5.49. The summed E-state index contributed by atoms with van der Waals surface area (Å²) in [5.74, 6) is -2.65. The highest BCUT2D eigenvalue weighted by molar-refractivity contribution is 6.27. The molecule has 1 aromatic rings. The minimum Gasteiger partial charge on any atom is -0.473 e. The second-order valence-electron chi connectivity index (χ2n) is 5.49. The van der Waals surface area contributed by atoms with Gasteiger partial charge in [-0.2, -0.15) is 0 Å². The first kappa shape index (κ1) is 21.3. The van der Waals surface area contributed by atoms with E-state index in [0.29, 0.717) is 6.54 Å². The van der Waals surface area contributed by atoms with Crippen LogP contribution in [0.5, 0.6) is 0 Å². The first-order valence-corrected chi connectivity index (χ1v) is 8.37. The molecule has 0 radical (unpaired) electrons. The van der Waals surface area contributed by atoms with Crippen LogP contribution in [0.15, 0.2) is 18.5 Å². The summed E-state index contributed by atoms with van der Waals surface area (Å²) in [7, 11) is 0. The summed E-state index contributed by atoms with van der Waals surface area (Å²) in [4.78, 5) is 45.1. The Morgan fingerprint density at radius 3 is 1.92 bits per heavy atom. The largest absolute Gasteiger partial charge is 0.473 e. The molecule has 1 aliphatic heterocycles. The van der Waals surface area contributed by atoms with Crippen molar-refractivity contribution in [3.05, 3.63) is 18.5 Å². The Kier molecular flexibility index (Phi) is 8.99. The first-order chi connectivity index (χ1) is 12.4. The minimum absolute atomic E-state index is 0.222. The van der Waals surface area contributed by atoms with Crippen molar-refractivity contribution in [2.24, 2.45) is 0 Å². The number of aliphatic carboxylic acids is 2. The fourth-order valence-corrected chi connectivity index (χ4v) is 2.43. The van der Waals surface area contributed by atoms with E-state index in [4.69, 9.17) is 19.8 Å². The number of likely N-dealkylation sites (N-methyl/N-ethyl adjacent to an activating group) is 1. The van der Waals surface area contributed by atoms with E-state index in [-0.39, 0.29) is 5.91 Å². The van der Waals surface area contributed by atoms with Crippen molar-refractivity contribution in [2.45, 2.75) is 13.8 Å². The summed E-state index contributed by atoms with van der Waals surface area (Å²) in [6.45, 7) is 9.63. The van der Waals surface area contributed by atoms with Crippen LogP contribution in [0.25, 0.3) is 0 Å². The van der Waals surface area contributed by atoms with Crippen molar-refractivity contribution < 1.29 is 24.6 Å². The van der Waals surface area contributed by atoms with Gasteiger partial charge in [0.15, 0.2) is 0 Å². The average molecular weight is 367 g/mol. The summed E-state index contributed by atoms with van der Waals surface area (Å²) >= 11 is 0. The van der Waals surface area contributed by atoms with Crippen LogP contribution in [-0.4, -0.2) is 93.6 Å². The zero-order valence-corrected chi connectivity index (χ0v) is 15.0. The number of carbonyl (C=O) groups is 3. The maximum atomic E-state index is 12.1. The van der Waals surface area contributed by atoms with Crippen LogP contribution in [0.3, 0.4) is 0 Å². The van der Waals surface area contributed by atoms with Gasteiger partial charge >= 0.3 is 11.9 Å². The van der Waals surface area contributed by atoms with E-state index < -0.39 is 11.9 Å². The molecule has 1 amide bonds. The lowest BCUT2D eigenvalue weighted by atomic mass is 10.3. The van der Waals surface area contributed by atoms with E-state index >= 15 is 0 Å². The maximum absolute atomic E-state index is 12.1. The average Bonchev–Trinajstić information content (AvgIpc) is 2.64. The Balaban J connectivity index is 0.000000487. The molecule has 1 aromatic heterocycles. The number of amides is 1. The standard InChI is InChI=1S/C14H23N5O.C2H2O4/c1-3-18(4-2)13(20)12-17-8-10-19(11-9-17)14-15-6-5-7-16-14;3-1(4)2(5)6/h5-7H,3-4,8-12H2,1-2H3;(H,3,4)(H,5,6). The normalized spacial score (nSPS) is 14.2. The predicted octanol–water partition coefficient (Wildman–Crippen LogP) is -0.377. The van der Waals surface area contributed by atoms with E-state index in [2.05, 4.69) is 19.8 Å². The molecule has 2 heterocycles. The van der Waals surface area contributed by atoms with Gasteiger partial charge in [-0.3, -0.25) is 9.69 Å². The van der Waals surface area contributed by atoms with E-state index in [1.165, 1.54) is 0 Å². The third kappa shape index (κ3) is 7.01. The molecule has 0 aliphatic carbocycles.